The van der Waals surface area contributed by atoms with Gasteiger partial charge >= 0.3 is 5.97 Å². The van der Waals surface area contributed by atoms with Crippen LogP contribution in [-0.2, 0) is 16.0 Å². The van der Waals surface area contributed by atoms with Crippen LogP contribution in [0.1, 0.15) is 41.5 Å². The third kappa shape index (κ3) is 2.50. The van der Waals surface area contributed by atoms with Crippen molar-refractivity contribution in [3.05, 3.63) is 22.3 Å². The van der Waals surface area contributed by atoms with Crippen LogP contribution in [0.15, 0.2) is 0 Å². The number of likely N-dealkylation sites (tertiary alicyclic amines) is 1. The molecule has 0 aliphatic carbocycles. The summed E-state index contributed by atoms with van der Waals surface area (Å²) in [5.41, 5.74) is 3.32. The van der Waals surface area contributed by atoms with Crippen LogP contribution in [0.5, 0.6) is 11.5 Å². The smallest absolute Gasteiger partial charge is 0.326 e. The third-order valence-electron chi connectivity index (χ3n) is 5.35. The summed E-state index contributed by atoms with van der Waals surface area (Å²) in [4.78, 5) is 25.5. The first-order valence-electron chi connectivity index (χ1n) is 8.34. The predicted molar refractivity (Wildman–Crippen MR) is 87.4 cm³/mol. The molecular weight excluding hydrogens is 310 g/mol. The van der Waals surface area contributed by atoms with E-state index in [-0.39, 0.29) is 11.7 Å². The number of carboxylic acids is 1. The zero-order chi connectivity index (χ0) is 17.6. The number of phenolic OH excluding ortho intramolecular Hbond substituents is 1. The number of rotatable bonds is 2. The number of nitrogens with zero attached hydrogens (tertiary/aromatic N) is 1. The number of fused-ring (bicyclic) bond motifs is 1. The van der Waals surface area contributed by atoms with E-state index in [9.17, 15) is 19.8 Å². The summed E-state index contributed by atoms with van der Waals surface area (Å²) < 4.78 is 5.99. The molecule has 2 N–H and O–H groups in total. The highest BCUT2D eigenvalue weighted by Gasteiger charge is 2.39. The van der Waals surface area contributed by atoms with Crippen LogP contribution in [0.3, 0.4) is 0 Å². The van der Waals surface area contributed by atoms with Gasteiger partial charge in [-0.2, -0.15) is 0 Å². The fourth-order valence-corrected chi connectivity index (χ4v) is 3.75. The molecule has 6 heteroatoms. The largest absolute Gasteiger partial charge is 0.507 e. The minimum atomic E-state index is -0.954. The van der Waals surface area contributed by atoms with Gasteiger partial charge in [0.1, 0.15) is 17.5 Å². The molecule has 1 aromatic rings. The molecule has 0 bridgehead atoms. The molecule has 1 aromatic carbocycles. The van der Waals surface area contributed by atoms with Crippen LogP contribution in [0.2, 0.25) is 0 Å². The average Bonchev–Trinajstić information content (AvgIpc) is 3.06. The van der Waals surface area contributed by atoms with Crippen LogP contribution in [0, 0.1) is 20.8 Å². The van der Waals surface area contributed by atoms with Crippen molar-refractivity contribution in [2.45, 2.75) is 58.6 Å². The van der Waals surface area contributed by atoms with Gasteiger partial charge in [-0.3, -0.25) is 4.79 Å². The molecule has 6 nitrogen and oxygen atoms in total. The second-order valence-electron chi connectivity index (χ2n) is 6.70. The summed E-state index contributed by atoms with van der Waals surface area (Å²) in [6.45, 7) is 6.02. The molecule has 2 heterocycles. The first kappa shape index (κ1) is 16.6. The quantitative estimate of drug-likeness (QED) is 0.865. The lowest BCUT2D eigenvalue weighted by Crippen LogP contribution is -2.48. The van der Waals surface area contributed by atoms with Crippen molar-refractivity contribution >= 4 is 11.9 Å². The lowest BCUT2D eigenvalue weighted by Gasteiger charge is -2.32. The van der Waals surface area contributed by atoms with Gasteiger partial charge in [-0.15, -0.1) is 0 Å². The van der Waals surface area contributed by atoms with Crippen LogP contribution < -0.4 is 4.74 Å². The van der Waals surface area contributed by atoms with Crippen LogP contribution >= 0.6 is 0 Å². The van der Waals surface area contributed by atoms with E-state index in [1.807, 2.05) is 20.8 Å². The Hall–Kier alpha value is -2.24. The Morgan fingerprint density at radius 1 is 1.12 bits per heavy atom. The number of aromatic hydroxyl groups is 1. The number of carboxylic acid groups (broad SMARTS) is 1. The van der Waals surface area contributed by atoms with E-state index in [1.54, 1.807) is 0 Å². The van der Waals surface area contributed by atoms with Crippen LogP contribution in [0.25, 0.3) is 0 Å². The van der Waals surface area contributed by atoms with Crippen molar-refractivity contribution in [2.24, 2.45) is 0 Å². The van der Waals surface area contributed by atoms with Crippen LogP contribution in [-0.4, -0.2) is 45.7 Å². The van der Waals surface area contributed by atoms with Crippen molar-refractivity contribution in [2.75, 3.05) is 6.54 Å². The van der Waals surface area contributed by atoms with E-state index in [1.165, 1.54) is 4.90 Å². The maximum atomic E-state index is 12.8. The van der Waals surface area contributed by atoms with E-state index < -0.39 is 18.1 Å². The van der Waals surface area contributed by atoms with Gasteiger partial charge in [0.05, 0.1) is 0 Å². The number of phenols is 1. The first-order chi connectivity index (χ1) is 11.3. The van der Waals surface area contributed by atoms with Gasteiger partial charge in [0.2, 0.25) is 0 Å². The Balaban J connectivity index is 1.88. The number of carbonyl (C=O) groups excluding carboxylic acids is 1. The lowest BCUT2D eigenvalue weighted by atomic mass is 9.91. The highest BCUT2D eigenvalue weighted by Crippen LogP contribution is 2.41. The molecule has 24 heavy (non-hydrogen) atoms. The highest BCUT2D eigenvalue weighted by atomic mass is 16.5. The fourth-order valence-electron chi connectivity index (χ4n) is 3.75. The van der Waals surface area contributed by atoms with Gasteiger partial charge in [-0.05, 0) is 63.1 Å². The molecule has 0 radical (unpaired) electrons. The van der Waals surface area contributed by atoms with Gasteiger partial charge < -0.3 is 19.8 Å². The zero-order valence-corrected chi connectivity index (χ0v) is 14.3. The van der Waals surface area contributed by atoms with Crippen molar-refractivity contribution in [1.29, 1.82) is 0 Å². The molecule has 0 aromatic heterocycles. The Labute approximate surface area is 141 Å². The van der Waals surface area contributed by atoms with E-state index >= 15 is 0 Å². The molecule has 0 saturated carbocycles. The van der Waals surface area contributed by atoms with Gasteiger partial charge in [-0.25, -0.2) is 4.79 Å². The van der Waals surface area contributed by atoms with Crippen molar-refractivity contribution < 1.29 is 24.5 Å². The minimum absolute atomic E-state index is 0.242. The monoisotopic (exact) mass is 333 g/mol. The molecule has 1 amide bonds. The van der Waals surface area contributed by atoms with E-state index in [0.717, 1.165) is 22.3 Å². The number of benzene rings is 1. The summed E-state index contributed by atoms with van der Waals surface area (Å²) >= 11 is 0. The summed E-state index contributed by atoms with van der Waals surface area (Å²) in [6.07, 6.45) is 1.68. The Morgan fingerprint density at radius 3 is 2.50 bits per heavy atom. The minimum Gasteiger partial charge on any atom is -0.507 e. The molecule has 1 unspecified atom stereocenters. The molecule has 2 atom stereocenters. The summed E-state index contributed by atoms with van der Waals surface area (Å²) in [5.74, 6) is -0.248. The maximum Gasteiger partial charge on any atom is 0.326 e. The van der Waals surface area contributed by atoms with Crippen LogP contribution in [0.4, 0.5) is 0 Å². The summed E-state index contributed by atoms with van der Waals surface area (Å²) in [5, 5.41) is 19.5. The molecule has 1 saturated heterocycles. The van der Waals surface area contributed by atoms with E-state index in [2.05, 4.69) is 0 Å². The van der Waals surface area contributed by atoms with E-state index in [0.29, 0.717) is 38.0 Å². The third-order valence-corrected chi connectivity index (χ3v) is 5.35. The van der Waals surface area contributed by atoms with Crippen molar-refractivity contribution in [1.82, 2.24) is 4.90 Å². The van der Waals surface area contributed by atoms with Gasteiger partial charge in [0.25, 0.3) is 5.91 Å². The average molecular weight is 333 g/mol. The van der Waals surface area contributed by atoms with Crippen molar-refractivity contribution in [3.8, 4) is 11.5 Å². The number of amides is 1. The molecule has 2 aliphatic rings. The number of hydrogen-bond acceptors (Lipinski definition) is 4. The second-order valence-corrected chi connectivity index (χ2v) is 6.70. The summed E-state index contributed by atoms with van der Waals surface area (Å²) in [6, 6.07) is -0.744. The molecule has 0 spiro atoms. The molecule has 130 valence electrons. The Morgan fingerprint density at radius 2 is 1.83 bits per heavy atom. The number of aliphatic carboxylic acids is 1. The number of hydrogen-bond donors (Lipinski definition) is 2. The zero-order valence-electron chi connectivity index (χ0n) is 14.3. The molecule has 2 aliphatic heterocycles. The van der Waals surface area contributed by atoms with Gasteiger partial charge in [0.15, 0.2) is 6.10 Å². The molecular formula is C18H23NO5. The SMILES string of the molecule is Cc1c(C)c2c(c(C)c1O)CCC(C(=O)N1CCC[C@H]1C(=O)O)O2. The van der Waals surface area contributed by atoms with Gasteiger partial charge in [-0.1, -0.05) is 0 Å². The fraction of sp³-hybridized carbons (Fsp3) is 0.556. The van der Waals surface area contributed by atoms with Gasteiger partial charge in [0, 0.05) is 12.1 Å². The van der Waals surface area contributed by atoms with Crippen molar-refractivity contribution in [3.63, 3.8) is 0 Å². The standard InChI is InChI=1S/C18H23NO5/c1-9-10(2)16-12(11(3)15(9)20)6-7-14(24-16)17(21)19-8-4-5-13(19)18(22)23/h13-14,20H,4-8H2,1-3H3,(H,22,23)/t13-,14?/m0/s1. The predicted octanol–water partition coefficient (Wildman–Crippen LogP) is 2.09. The second kappa shape index (κ2) is 6.00. The Kier molecular flexibility index (Phi) is 4.15. The topological polar surface area (TPSA) is 87.1 Å². The Bertz CT molecular complexity index is 712. The number of ether oxygens (including phenoxy) is 1. The number of carbonyl (C=O) groups is 2. The van der Waals surface area contributed by atoms with E-state index in [4.69, 9.17) is 4.74 Å². The highest BCUT2D eigenvalue weighted by molar-refractivity contribution is 5.87. The maximum absolute atomic E-state index is 12.8. The normalized spacial score (nSPS) is 22.9. The lowest BCUT2D eigenvalue weighted by molar-refractivity contribution is -0.151. The first-order valence-corrected chi connectivity index (χ1v) is 8.34. The summed E-state index contributed by atoms with van der Waals surface area (Å²) in [7, 11) is 0. The molecule has 1 fully saturated rings. The molecule has 3 rings (SSSR count).